The minimum atomic E-state index is -0.479. The number of hydrogen-bond acceptors (Lipinski definition) is 5. The molecule has 2 aromatic rings. The second kappa shape index (κ2) is 6.63. The average molecular weight is 326 g/mol. The van der Waals surface area contributed by atoms with Crippen molar-refractivity contribution in [1.82, 2.24) is 0 Å². The average Bonchev–Trinajstić information content (AvgIpc) is 3.14. The number of anilines is 1. The topological polar surface area (TPSA) is 79.2 Å². The van der Waals surface area contributed by atoms with Crippen molar-refractivity contribution in [3.63, 3.8) is 0 Å². The van der Waals surface area contributed by atoms with Gasteiger partial charge in [0.05, 0.1) is 11.3 Å². The Morgan fingerprint density at radius 1 is 1.30 bits per heavy atom. The number of thiophene rings is 1. The zero-order chi connectivity index (χ0) is 16.2. The summed E-state index contributed by atoms with van der Waals surface area (Å²) in [5, 5.41) is 11.5. The third-order valence-electron chi connectivity index (χ3n) is 3.60. The highest BCUT2D eigenvalue weighted by Gasteiger charge is 2.20. The van der Waals surface area contributed by atoms with Crippen molar-refractivity contribution in [3.05, 3.63) is 51.2 Å². The molecule has 0 atom stereocenters. The van der Waals surface area contributed by atoms with Gasteiger partial charge in [-0.1, -0.05) is 12.1 Å². The highest BCUT2D eigenvalue weighted by Crippen LogP contribution is 2.30. The number of esters is 1. The van der Waals surface area contributed by atoms with Gasteiger partial charge in [0, 0.05) is 4.88 Å². The van der Waals surface area contributed by atoms with E-state index in [2.05, 4.69) is 5.32 Å². The number of rotatable bonds is 4. The van der Waals surface area contributed by atoms with Crippen LogP contribution in [0.2, 0.25) is 0 Å². The molecule has 1 heterocycles. The van der Waals surface area contributed by atoms with E-state index in [1.807, 2.05) is 12.1 Å². The fraction of sp³-hybridized carbons (Fsp3) is 0.235. The van der Waals surface area contributed by atoms with Crippen LogP contribution in [0.25, 0.3) is 0 Å². The van der Waals surface area contributed by atoms with Crippen molar-refractivity contribution < 1.29 is 14.3 Å². The maximum Gasteiger partial charge on any atom is 0.348 e. The van der Waals surface area contributed by atoms with Crippen molar-refractivity contribution in [2.24, 2.45) is 0 Å². The number of nitriles is 1. The summed E-state index contributed by atoms with van der Waals surface area (Å²) in [5.41, 5.74) is 1.99. The van der Waals surface area contributed by atoms with Crippen LogP contribution in [0.15, 0.2) is 30.3 Å². The zero-order valence-electron chi connectivity index (χ0n) is 12.3. The normalized spacial score (nSPS) is 12.3. The van der Waals surface area contributed by atoms with Crippen LogP contribution in [-0.2, 0) is 22.4 Å². The molecule has 0 bridgehead atoms. The summed E-state index contributed by atoms with van der Waals surface area (Å²) >= 11 is 1.44. The second-order valence-corrected chi connectivity index (χ2v) is 6.33. The standard InChI is InChI=1S/C17H14N2O3S/c18-9-12-4-1-2-6-13(12)19-16(20)10-22-17(21)15-8-11-5-3-7-14(11)23-15/h1-2,4,6,8H,3,5,7,10H2,(H,19,20). The SMILES string of the molecule is N#Cc1ccccc1NC(=O)COC(=O)c1cc2c(s1)CCC2. The number of nitrogens with zero attached hydrogens (tertiary/aromatic N) is 1. The maximum atomic E-state index is 12.0. The lowest BCUT2D eigenvalue weighted by molar-refractivity contribution is -0.119. The van der Waals surface area contributed by atoms with Crippen molar-refractivity contribution in [3.8, 4) is 6.07 Å². The Morgan fingerprint density at radius 2 is 2.13 bits per heavy atom. The van der Waals surface area contributed by atoms with Crippen LogP contribution < -0.4 is 5.32 Å². The van der Waals surface area contributed by atoms with E-state index < -0.39 is 11.9 Å². The summed E-state index contributed by atoms with van der Waals surface area (Å²) in [6.07, 6.45) is 3.15. The van der Waals surface area contributed by atoms with E-state index in [0.717, 1.165) is 19.3 Å². The van der Waals surface area contributed by atoms with Gasteiger partial charge in [-0.05, 0) is 43.0 Å². The molecule has 0 radical (unpaired) electrons. The monoisotopic (exact) mass is 326 g/mol. The Labute approximate surface area is 137 Å². The van der Waals surface area contributed by atoms with Crippen LogP contribution in [0.5, 0.6) is 0 Å². The molecule has 0 fully saturated rings. The van der Waals surface area contributed by atoms with E-state index in [1.54, 1.807) is 24.3 Å². The lowest BCUT2D eigenvalue weighted by Gasteiger charge is -2.07. The van der Waals surface area contributed by atoms with Gasteiger partial charge in [-0.15, -0.1) is 11.3 Å². The number of carbonyl (C=O) groups excluding carboxylic acids is 2. The molecule has 1 N–H and O–H groups in total. The van der Waals surface area contributed by atoms with Crippen LogP contribution >= 0.6 is 11.3 Å². The molecule has 1 aromatic heterocycles. The van der Waals surface area contributed by atoms with Crippen LogP contribution in [0, 0.1) is 11.3 Å². The largest absolute Gasteiger partial charge is 0.451 e. The van der Waals surface area contributed by atoms with E-state index in [-0.39, 0.29) is 6.61 Å². The summed E-state index contributed by atoms with van der Waals surface area (Å²) in [7, 11) is 0. The van der Waals surface area contributed by atoms with E-state index in [1.165, 1.54) is 21.8 Å². The van der Waals surface area contributed by atoms with E-state index >= 15 is 0 Å². The number of amides is 1. The van der Waals surface area contributed by atoms with Gasteiger partial charge in [-0.2, -0.15) is 5.26 Å². The predicted octanol–water partition coefficient (Wildman–Crippen LogP) is 2.90. The van der Waals surface area contributed by atoms with Crippen molar-refractivity contribution in [2.45, 2.75) is 19.3 Å². The molecule has 1 amide bonds. The van der Waals surface area contributed by atoms with Crippen molar-refractivity contribution in [1.29, 1.82) is 5.26 Å². The zero-order valence-corrected chi connectivity index (χ0v) is 13.1. The Kier molecular flexibility index (Phi) is 4.40. The maximum absolute atomic E-state index is 12.0. The van der Waals surface area contributed by atoms with Gasteiger partial charge in [-0.25, -0.2) is 4.79 Å². The summed E-state index contributed by atoms with van der Waals surface area (Å²) in [6, 6.07) is 10.5. The highest BCUT2D eigenvalue weighted by atomic mass is 32.1. The molecule has 1 aliphatic rings. The number of carbonyl (C=O) groups is 2. The molecule has 0 saturated carbocycles. The van der Waals surface area contributed by atoms with E-state index in [9.17, 15) is 9.59 Å². The summed E-state index contributed by atoms with van der Waals surface area (Å²) in [5.74, 6) is -0.946. The van der Waals surface area contributed by atoms with Gasteiger partial charge in [0.15, 0.2) is 6.61 Å². The molecule has 0 unspecified atom stereocenters. The van der Waals surface area contributed by atoms with Crippen LogP contribution in [-0.4, -0.2) is 18.5 Å². The van der Waals surface area contributed by atoms with E-state index in [0.29, 0.717) is 16.1 Å². The number of benzene rings is 1. The third kappa shape index (κ3) is 3.41. The quantitative estimate of drug-likeness (QED) is 0.876. The first-order valence-electron chi connectivity index (χ1n) is 7.25. The molecule has 3 rings (SSSR count). The van der Waals surface area contributed by atoms with Crippen LogP contribution in [0.1, 0.15) is 32.1 Å². The van der Waals surface area contributed by atoms with Gasteiger partial charge >= 0.3 is 5.97 Å². The van der Waals surface area contributed by atoms with Gasteiger partial charge in [0.25, 0.3) is 5.91 Å². The van der Waals surface area contributed by atoms with Crippen molar-refractivity contribution in [2.75, 3.05) is 11.9 Å². The number of aryl methyl sites for hydroxylation is 2. The first-order valence-corrected chi connectivity index (χ1v) is 8.06. The first kappa shape index (κ1) is 15.3. The molecular formula is C17H14N2O3S. The fourth-order valence-electron chi connectivity index (χ4n) is 2.51. The predicted molar refractivity (Wildman–Crippen MR) is 86.4 cm³/mol. The molecule has 23 heavy (non-hydrogen) atoms. The summed E-state index contributed by atoms with van der Waals surface area (Å²) in [6.45, 7) is -0.374. The third-order valence-corrected chi connectivity index (χ3v) is 4.82. The summed E-state index contributed by atoms with van der Waals surface area (Å²) < 4.78 is 5.05. The number of nitrogens with one attached hydrogen (secondary N) is 1. The smallest absolute Gasteiger partial charge is 0.348 e. The second-order valence-electron chi connectivity index (χ2n) is 5.19. The molecule has 116 valence electrons. The lowest BCUT2D eigenvalue weighted by atomic mass is 10.2. The number of hydrogen-bond donors (Lipinski definition) is 1. The Hall–Kier alpha value is -2.65. The minimum absolute atomic E-state index is 0.363. The van der Waals surface area contributed by atoms with Crippen molar-refractivity contribution >= 4 is 28.9 Å². The molecule has 1 aliphatic carbocycles. The molecule has 6 heteroatoms. The fourth-order valence-corrected chi connectivity index (χ4v) is 3.66. The van der Waals surface area contributed by atoms with Crippen LogP contribution in [0.4, 0.5) is 5.69 Å². The molecule has 0 saturated heterocycles. The minimum Gasteiger partial charge on any atom is -0.451 e. The van der Waals surface area contributed by atoms with Gasteiger partial charge in [0.2, 0.25) is 0 Å². The Bertz CT molecular complexity index is 783. The Balaban J connectivity index is 1.56. The molecular weight excluding hydrogens is 312 g/mol. The van der Waals surface area contributed by atoms with E-state index in [4.69, 9.17) is 10.00 Å². The molecule has 0 spiro atoms. The van der Waals surface area contributed by atoms with Gasteiger partial charge < -0.3 is 10.1 Å². The first-order chi connectivity index (χ1) is 11.2. The molecule has 0 aliphatic heterocycles. The Morgan fingerprint density at radius 3 is 2.91 bits per heavy atom. The summed E-state index contributed by atoms with van der Waals surface area (Å²) in [4.78, 5) is 25.6. The van der Waals surface area contributed by atoms with Gasteiger partial charge in [0.1, 0.15) is 10.9 Å². The molecule has 5 nitrogen and oxygen atoms in total. The number of ether oxygens (including phenoxy) is 1. The molecule has 1 aromatic carbocycles. The van der Waals surface area contributed by atoms with Gasteiger partial charge in [-0.3, -0.25) is 4.79 Å². The van der Waals surface area contributed by atoms with Crippen LogP contribution in [0.3, 0.4) is 0 Å². The highest BCUT2D eigenvalue weighted by molar-refractivity contribution is 7.14. The number of para-hydroxylation sites is 1. The number of fused-ring (bicyclic) bond motifs is 1. The lowest BCUT2D eigenvalue weighted by Crippen LogP contribution is -2.21.